The molecule has 140 valence electrons. The van der Waals surface area contributed by atoms with Crippen molar-refractivity contribution in [3.05, 3.63) is 0 Å². The first-order valence-electron chi connectivity index (χ1n) is 9.75. The summed E-state index contributed by atoms with van der Waals surface area (Å²) in [6.45, 7) is 8.65. The SMILES string of the molecule is CC(C)CCCC(=O)OC1CCC(OC(=O)CCCC(C)C)CC1. The maximum atomic E-state index is 11.8. The molecule has 0 spiro atoms. The minimum Gasteiger partial charge on any atom is -0.462 e. The van der Waals surface area contributed by atoms with Crippen molar-refractivity contribution < 1.29 is 19.1 Å². The van der Waals surface area contributed by atoms with Crippen LogP contribution in [0.3, 0.4) is 0 Å². The van der Waals surface area contributed by atoms with Gasteiger partial charge in [0.05, 0.1) is 0 Å². The average molecular weight is 341 g/mol. The Kier molecular flexibility index (Phi) is 10.0. The monoisotopic (exact) mass is 340 g/mol. The number of hydrogen-bond donors (Lipinski definition) is 0. The molecule has 0 aliphatic heterocycles. The van der Waals surface area contributed by atoms with Gasteiger partial charge in [-0.15, -0.1) is 0 Å². The van der Waals surface area contributed by atoms with E-state index < -0.39 is 0 Å². The van der Waals surface area contributed by atoms with E-state index in [0.29, 0.717) is 24.7 Å². The van der Waals surface area contributed by atoms with Crippen LogP contribution in [0.1, 0.15) is 91.9 Å². The average Bonchev–Trinajstić information content (AvgIpc) is 2.48. The molecule has 1 aliphatic rings. The lowest BCUT2D eigenvalue weighted by molar-refractivity contribution is -0.158. The first-order chi connectivity index (χ1) is 11.4. The predicted molar refractivity (Wildman–Crippen MR) is 95.6 cm³/mol. The van der Waals surface area contributed by atoms with E-state index in [0.717, 1.165) is 51.4 Å². The third kappa shape index (κ3) is 9.94. The molecule has 1 fully saturated rings. The van der Waals surface area contributed by atoms with E-state index in [-0.39, 0.29) is 24.1 Å². The minimum atomic E-state index is -0.0789. The highest BCUT2D eigenvalue weighted by atomic mass is 16.6. The second-order valence-corrected chi connectivity index (χ2v) is 7.95. The molecule has 1 rings (SSSR count). The zero-order chi connectivity index (χ0) is 17.9. The summed E-state index contributed by atoms with van der Waals surface area (Å²) >= 11 is 0. The molecule has 4 heteroatoms. The Hall–Kier alpha value is -1.06. The Morgan fingerprint density at radius 1 is 0.750 bits per heavy atom. The highest BCUT2D eigenvalue weighted by Gasteiger charge is 2.26. The molecular formula is C20H36O4. The third-order valence-electron chi connectivity index (χ3n) is 4.54. The van der Waals surface area contributed by atoms with Gasteiger partial charge >= 0.3 is 11.9 Å². The van der Waals surface area contributed by atoms with Gasteiger partial charge in [0.1, 0.15) is 12.2 Å². The molecular weight excluding hydrogens is 304 g/mol. The van der Waals surface area contributed by atoms with Crippen LogP contribution >= 0.6 is 0 Å². The van der Waals surface area contributed by atoms with E-state index in [1.807, 2.05) is 0 Å². The van der Waals surface area contributed by atoms with Crippen molar-refractivity contribution in [2.45, 2.75) is 104 Å². The fourth-order valence-electron chi connectivity index (χ4n) is 3.07. The zero-order valence-corrected chi connectivity index (χ0v) is 16.0. The largest absolute Gasteiger partial charge is 0.462 e. The van der Waals surface area contributed by atoms with Crippen LogP contribution in [0.5, 0.6) is 0 Å². The van der Waals surface area contributed by atoms with Gasteiger partial charge in [-0.1, -0.05) is 40.5 Å². The number of rotatable bonds is 10. The standard InChI is InChI=1S/C20H36O4/c1-15(2)7-5-9-19(21)23-17-11-13-18(14-12-17)24-20(22)10-6-8-16(3)4/h15-18H,5-14H2,1-4H3. The Morgan fingerprint density at radius 2 is 1.08 bits per heavy atom. The van der Waals surface area contributed by atoms with Crippen molar-refractivity contribution in [1.82, 2.24) is 0 Å². The van der Waals surface area contributed by atoms with Crippen LogP contribution in [0, 0.1) is 11.8 Å². The minimum absolute atomic E-state index is 0.00689. The molecule has 0 aromatic rings. The molecule has 0 bridgehead atoms. The van der Waals surface area contributed by atoms with Crippen LogP contribution in [0.2, 0.25) is 0 Å². The predicted octanol–water partition coefficient (Wildman–Crippen LogP) is 5.04. The molecule has 1 saturated carbocycles. The molecule has 0 heterocycles. The summed E-state index contributed by atoms with van der Waals surface area (Å²) in [6.07, 6.45) is 8.20. The third-order valence-corrected chi connectivity index (χ3v) is 4.54. The molecule has 0 unspecified atom stereocenters. The van der Waals surface area contributed by atoms with Crippen LogP contribution in [0.15, 0.2) is 0 Å². The second-order valence-electron chi connectivity index (χ2n) is 7.95. The van der Waals surface area contributed by atoms with Crippen LogP contribution in [0.25, 0.3) is 0 Å². The number of hydrogen-bond acceptors (Lipinski definition) is 4. The topological polar surface area (TPSA) is 52.6 Å². The van der Waals surface area contributed by atoms with Gasteiger partial charge in [0.15, 0.2) is 0 Å². The van der Waals surface area contributed by atoms with Gasteiger partial charge in [-0.3, -0.25) is 9.59 Å². The molecule has 0 atom stereocenters. The van der Waals surface area contributed by atoms with E-state index in [4.69, 9.17) is 9.47 Å². The second kappa shape index (κ2) is 11.5. The van der Waals surface area contributed by atoms with Crippen LogP contribution < -0.4 is 0 Å². The molecule has 0 aromatic heterocycles. The first-order valence-corrected chi connectivity index (χ1v) is 9.75. The number of esters is 2. The van der Waals surface area contributed by atoms with E-state index in [2.05, 4.69) is 27.7 Å². The molecule has 1 aliphatic carbocycles. The summed E-state index contributed by atoms with van der Waals surface area (Å²) in [5, 5.41) is 0. The lowest BCUT2D eigenvalue weighted by atomic mass is 9.95. The van der Waals surface area contributed by atoms with Crippen molar-refractivity contribution in [2.24, 2.45) is 11.8 Å². The first kappa shape index (κ1) is 21.0. The number of ether oxygens (including phenoxy) is 2. The van der Waals surface area contributed by atoms with Gasteiger partial charge in [0, 0.05) is 12.8 Å². The Balaban J connectivity index is 2.12. The van der Waals surface area contributed by atoms with Crippen molar-refractivity contribution in [3.63, 3.8) is 0 Å². The van der Waals surface area contributed by atoms with Gasteiger partial charge in [-0.2, -0.15) is 0 Å². The summed E-state index contributed by atoms with van der Waals surface area (Å²) < 4.78 is 11.1. The molecule has 24 heavy (non-hydrogen) atoms. The fraction of sp³-hybridized carbons (Fsp3) is 0.900. The van der Waals surface area contributed by atoms with Gasteiger partial charge in [-0.25, -0.2) is 0 Å². The number of carbonyl (C=O) groups is 2. The van der Waals surface area contributed by atoms with Gasteiger partial charge in [-0.05, 0) is 50.4 Å². The summed E-state index contributed by atoms with van der Waals surface area (Å²) in [7, 11) is 0. The Bertz CT molecular complexity index is 332. The van der Waals surface area contributed by atoms with Crippen LogP contribution in [-0.2, 0) is 19.1 Å². The van der Waals surface area contributed by atoms with Crippen molar-refractivity contribution in [1.29, 1.82) is 0 Å². The maximum absolute atomic E-state index is 11.8. The summed E-state index contributed by atoms with van der Waals surface area (Å²) in [6, 6.07) is 0. The van der Waals surface area contributed by atoms with E-state index >= 15 is 0 Å². The molecule has 0 saturated heterocycles. The van der Waals surface area contributed by atoms with E-state index in [1.165, 1.54) is 0 Å². The highest BCUT2D eigenvalue weighted by Crippen LogP contribution is 2.24. The molecule has 0 amide bonds. The molecule has 4 nitrogen and oxygen atoms in total. The molecule has 0 N–H and O–H groups in total. The summed E-state index contributed by atoms with van der Waals surface area (Å²) in [5.41, 5.74) is 0. The van der Waals surface area contributed by atoms with Crippen LogP contribution in [0.4, 0.5) is 0 Å². The quantitative estimate of drug-likeness (QED) is 0.523. The zero-order valence-electron chi connectivity index (χ0n) is 16.0. The smallest absolute Gasteiger partial charge is 0.306 e. The molecule has 0 aromatic carbocycles. The maximum Gasteiger partial charge on any atom is 0.306 e. The normalized spacial score (nSPS) is 21.1. The van der Waals surface area contributed by atoms with Gasteiger partial charge in [0.2, 0.25) is 0 Å². The van der Waals surface area contributed by atoms with Crippen molar-refractivity contribution in [3.8, 4) is 0 Å². The van der Waals surface area contributed by atoms with E-state index in [1.54, 1.807) is 0 Å². The molecule has 0 radical (unpaired) electrons. The summed E-state index contributed by atoms with van der Waals surface area (Å²) in [5.74, 6) is 1.10. The van der Waals surface area contributed by atoms with Gasteiger partial charge in [0.25, 0.3) is 0 Å². The lowest BCUT2D eigenvalue weighted by Crippen LogP contribution is -2.29. The van der Waals surface area contributed by atoms with E-state index in [9.17, 15) is 9.59 Å². The Morgan fingerprint density at radius 3 is 1.38 bits per heavy atom. The summed E-state index contributed by atoms with van der Waals surface area (Å²) in [4.78, 5) is 23.6. The van der Waals surface area contributed by atoms with Crippen LogP contribution in [-0.4, -0.2) is 24.1 Å². The van der Waals surface area contributed by atoms with Crippen molar-refractivity contribution >= 4 is 11.9 Å². The fourth-order valence-corrected chi connectivity index (χ4v) is 3.07. The van der Waals surface area contributed by atoms with Gasteiger partial charge < -0.3 is 9.47 Å². The van der Waals surface area contributed by atoms with Crippen molar-refractivity contribution in [2.75, 3.05) is 0 Å². The number of carbonyl (C=O) groups excluding carboxylic acids is 2. The lowest BCUT2D eigenvalue weighted by Gasteiger charge is -2.28. The Labute approximate surface area is 147 Å². The highest BCUT2D eigenvalue weighted by molar-refractivity contribution is 5.70.